The third-order valence-electron chi connectivity index (χ3n) is 3.27. The Morgan fingerprint density at radius 1 is 1.10 bits per heavy atom. The molecular weight excluding hydrogens is 276 g/mol. The van der Waals surface area contributed by atoms with Gasteiger partial charge in [-0.05, 0) is 50.1 Å². The Morgan fingerprint density at radius 3 is 2.29 bits per heavy atom. The third-order valence-corrected chi connectivity index (χ3v) is 3.52. The largest absolute Gasteiger partial charge is 0.100 e. The molecule has 0 fully saturated rings. The molecule has 2 rings (SSSR count). The van der Waals surface area contributed by atoms with Crippen molar-refractivity contribution in [1.29, 1.82) is 0 Å². The molecule has 2 aromatic carbocycles. The number of hydrogen-bond donors (Lipinski definition) is 0. The minimum absolute atomic E-state index is 0.154. The zero-order chi connectivity index (χ0) is 15.2. The predicted molar refractivity (Wildman–Crippen MR) is 91.7 cm³/mol. The van der Waals surface area contributed by atoms with Gasteiger partial charge in [-0.3, -0.25) is 0 Å². The van der Waals surface area contributed by atoms with Gasteiger partial charge in [-0.15, -0.1) is 6.58 Å². The van der Waals surface area contributed by atoms with Crippen LogP contribution in [0.3, 0.4) is 0 Å². The van der Waals surface area contributed by atoms with E-state index in [9.17, 15) is 0 Å². The van der Waals surface area contributed by atoms with Crippen LogP contribution in [0.4, 0.5) is 0 Å². The zero-order valence-electron chi connectivity index (χ0n) is 12.5. The molecule has 21 heavy (non-hydrogen) atoms. The molecule has 1 heteroatoms. The molecule has 0 aliphatic carbocycles. The van der Waals surface area contributed by atoms with Gasteiger partial charge in [0.15, 0.2) is 0 Å². The van der Waals surface area contributed by atoms with Crippen LogP contribution in [-0.2, 0) is 0 Å². The number of halogens is 1. The second-order valence-electron chi connectivity index (χ2n) is 5.40. The van der Waals surface area contributed by atoms with Crippen LogP contribution in [0.1, 0.15) is 36.0 Å². The van der Waals surface area contributed by atoms with E-state index in [-0.39, 0.29) is 5.92 Å². The van der Waals surface area contributed by atoms with E-state index in [1.807, 2.05) is 31.2 Å². The fourth-order valence-corrected chi connectivity index (χ4v) is 2.23. The second-order valence-corrected chi connectivity index (χ2v) is 5.84. The van der Waals surface area contributed by atoms with Crippen molar-refractivity contribution in [1.82, 2.24) is 0 Å². The maximum atomic E-state index is 5.96. The predicted octanol–water partition coefficient (Wildman–Crippen LogP) is 5.75. The summed E-state index contributed by atoms with van der Waals surface area (Å²) in [6.45, 7) is 8.13. The zero-order valence-corrected chi connectivity index (χ0v) is 13.2. The number of aryl methyl sites for hydroxylation is 1. The summed E-state index contributed by atoms with van der Waals surface area (Å²) in [4.78, 5) is 0. The summed E-state index contributed by atoms with van der Waals surface area (Å²) < 4.78 is 0. The molecule has 0 aliphatic heterocycles. The van der Waals surface area contributed by atoms with Gasteiger partial charge in [0.05, 0.1) is 0 Å². The first-order valence-electron chi connectivity index (χ1n) is 7.02. The Morgan fingerprint density at radius 2 is 1.71 bits per heavy atom. The van der Waals surface area contributed by atoms with Crippen molar-refractivity contribution >= 4 is 11.6 Å². The summed E-state index contributed by atoms with van der Waals surface area (Å²) in [6.07, 6.45) is 0.862. The maximum Gasteiger partial charge on any atom is 0.0492 e. The van der Waals surface area contributed by atoms with Crippen LogP contribution in [0.5, 0.6) is 0 Å². The third kappa shape index (κ3) is 4.81. The van der Waals surface area contributed by atoms with Crippen LogP contribution in [0, 0.1) is 18.8 Å². The van der Waals surface area contributed by atoms with Gasteiger partial charge in [0.1, 0.15) is 0 Å². The first-order valence-corrected chi connectivity index (χ1v) is 7.40. The van der Waals surface area contributed by atoms with E-state index in [1.54, 1.807) is 0 Å². The van der Waals surface area contributed by atoms with Gasteiger partial charge < -0.3 is 0 Å². The minimum atomic E-state index is 0.154. The van der Waals surface area contributed by atoms with Crippen LogP contribution >= 0.6 is 11.6 Å². The highest BCUT2D eigenvalue weighted by molar-refractivity contribution is 6.30. The molecule has 0 saturated carbocycles. The van der Waals surface area contributed by atoms with Crippen molar-refractivity contribution in [3.8, 4) is 11.8 Å². The highest BCUT2D eigenvalue weighted by Crippen LogP contribution is 2.24. The monoisotopic (exact) mass is 294 g/mol. The minimum Gasteiger partial charge on any atom is -0.100 e. The Hall–Kier alpha value is -1.97. The van der Waals surface area contributed by atoms with Gasteiger partial charge in [0, 0.05) is 16.5 Å². The summed E-state index contributed by atoms with van der Waals surface area (Å²) in [6, 6.07) is 16.2. The first kappa shape index (κ1) is 15.4. The van der Waals surface area contributed by atoms with Crippen LogP contribution in [0.2, 0.25) is 5.02 Å². The normalized spacial score (nSPS) is 11.4. The van der Waals surface area contributed by atoms with Gasteiger partial charge in [-0.25, -0.2) is 0 Å². The molecule has 0 aliphatic rings. The topological polar surface area (TPSA) is 0 Å². The van der Waals surface area contributed by atoms with Crippen LogP contribution < -0.4 is 0 Å². The fraction of sp³-hybridized carbons (Fsp3) is 0.200. The average molecular weight is 295 g/mol. The fourth-order valence-electron chi connectivity index (χ4n) is 2.10. The van der Waals surface area contributed by atoms with E-state index >= 15 is 0 Å². The standard InChI is InChI=1S/C20H19Cl/c1-15(2)14-19(18-10-12-20(21)13-11-18)9-8-17-6-4-16(3)5-7-17/h4-7,10-13,19H,1,14H2,2-3H3. The highest BCUT2D eigenvalue weighted by Gasteiger charge is 2.08. The summed E-state index contributed by atoms with van der Waals surface area (Å²) in [5.74, 6) is 6.79. The lowest BCUT2D eigenvalue weighted by Gasteiger charge is -2.11. The molecular formula is C20H19Cl. The smallest absolute Gasteiger partial charge is 0.0492 e. The van der Waals surface area contributed by atoms with E-state index in [4.69, 9.17) is 11.6 Å². The van der Waals surface area contributed by atoms with Gasteiger partial charge in [-0.1, -0.05) is 58.8 Å². The molecule has 0 bridgehead atoms. The van der Waals surface area contributed by atoms with Crippen molar-refractivity contribution in [2.24, 2.45) is 0 Å². The van der Waals surface area contributed by atoms with E-state index < -0.39 is 0 Å². The number of rotatable bonds is 3. The maximum absolute atomic E-state index is 5.96. The molecule has 0 nitrogen and oxygen atoms in total. The van der Waals surface area contributed by atoms with Gasteiger partial charge in [0.25, 0.3) is 0 Å². The number of benzene rings is 2. The first-order chi connectivity index (χ1) is 10.0. The molecule has 1 unspecified atom stereocenters. The highest BCUT2D eigenvalue weighted by atomic mass is 35.5. The Labute approximate surface area is 132 Å². The molecule has 0 heterocycles. The lowest BCUT2D eigenvalue weighted by atomic mass is 9.93. The number of hydrogen-bond acceptors (Lipinski definition) is 0. The number of allylic oxidation sites excluding steroid dienone is 1. The van der Waals surface area contributed by atoms with Crippen molar-refractivity contribution in [3.05, 3.63) is 82.4 Å². The van der Waals surface area contributed by atoms with Crippen molar-refractivity contribution in [2.75, 3.05) is 0 Å². The Balaban J connectivity index is 2.26. The van der Waals surface area contributed by atoms with Crippen LogP contribution in [0.15, 0.2) is 60.7 Å². The Kier molecular flexibility index (Phi) is 5.26. The van der Waals surface area contributed by atoms with Crippen molar-refractivity contribution in [3.63, 3.8) is 0 Å². The van der Waals surface area contributed by atoms with Crippen molar-refractivity contribution in [2.45, 2.75) is 26.2 Å². The summed E-state index contributed by atoms with van der Waals surface area (Å²) >= 11 is 5.96. The molecule has 0 N–H and O–H groups in total. The van der Waals surface area contributed by atoms with E-state index in [0.29, 0.717) is 0 Å². The quantitative estimate of drug-likeness (QED) is 0.499. The summed E-state index contributed by atoms with van der Waals surface area (Å²) in [7, 11) is 0. The molecule has 2 aromatic rings. The SMILES string of the molecule is C=C(C)CC(C#Cc1ccc(C)cc1)c1ccc(Cl)cc1. The molecule has 0 spiro atoms. The lowest BCUT2D eigenvalue weighted by molar-refractivity contribution is 0.853. The van der Waals surface area contributed by atoms with Crippen LogP contribution in [0.25, 0.3) is 0 Å². The molecule has 1 atom stereocenters. The summed E-state index contributed by atoms with van der Waals surface area (Å²) in [5, 5.41) is 0.749. The molecule has 0 amide bonds. The van der Waals surface area contributed by atoms with E-state index in [2.05, 4.69) is 49.6 Å². The van der Waals surface area contributed by atoms with E-state index in [1.165, 1.54) is 11.1 Å². The van der Waals surface area contributed by atoms with Gasteiger partial charge in [0.2, 0.25) is 0 Å². The molecule has 0 aromatic heterocycles. The molecule has 106 valence electrons. The molecule has 0 saturated heterocycles. The van der Waals surface area contributed by atoms with Gasteiger partial charge in [-0.2, -0.15) is 0 Å². The average Bonchev–Trinajstić information content (AvgIpc) is 2.46. The van der Waals surface area contributed by atoms with E-state index in [0.717, 1.165) is 22.6 Å². The van der Waals surface area contributed by atoms with Crippen LogP contribution in [-0.4, -0.2) is 0 Å². The Bertz CT molecular complexity index is 667. The summed E-state index contributed by atoms with van der Waals surface area (Å²) in [5.41, 5.74) is 4.60. The van der Waals surface area contributed by atoms with Crippen molar-refractivity contribution < 1.29 is 0 Å². The van der Waals surface area contributed by atoms with Gasteiger partial charge >= 0.3 is 0 Å². The lowest BCUT2D eigenvalue weighted by Crippen LogP contribution is -1.96. The second kappa shape index (κ2) is 7.16. The molecule has 0 radical (unpaired) electrons.